The van der Waals surface area contributed by atoms with Crippen LogP contribution in [-0.2, 0) is 4.79 Å². The van der Waals surface area contributed by atoms with Crippen molar-refractivity contribution in [3.05, 3.63) is 56.7 Å². The van der Waals surface area contributed by atoms with E-state index < -0.39 is 0 Å². The van der Waals surface area contributed by atoms with Crippen molar-refractivity contribution >= 4 is 45.8 Å². The average molecular weight is 391 g/mol. The van der Waals surface area contributed by atoms with Gasteiger partial charge in [-0.2, -0.15) is 0 Å². The number of ether oxygens (including phenoxy) is 1. The standard InChI is InChI=1S/C17H14INO2/c1-10-7-11(3-6-16(10)21-2)8-14-13-9-12(18)4-5-15(13)19-17(14)20/h3-9H,1-2H3,(H,19,20). The van der Waals surface area contributed by atoms with E-state index in [4.69, 9.17) is 4.74 Å². The van der Waals surface area contributed by atoms with Crippen molar-refractivity contribution in [3.8, 4) is 5.75 Å². The molecule has 0 spiro atoms. The van der Waals surface area contributed by atoms with Crippen molar-refractivity contribution in [1.29, 1.82) is 0 Å². The second kappa shape index (κ2) is 5.52. The second-order valence-corrected chi connectivity index (χ2v) is 6.18. The summed E-state index contributed by atoms with van der Waals surface area (Å²) in [5.74, 6) is 0.795. The summed E-state index contributed by atoms with van der Waals surface area (Å²) in [5.41, 5.74) is 4.57. The molecule has 0 atom stereocenters. The van der Waals surface area contributed by atoms with E-state index >= 15 is 0 Å². The van der Waals surface area contributed by atoms with E-state index in [2.05, 4.69) is 27.9 Å². The van der Waals surface area contributed by atoms with Crippen LogP contribution in [0.4, 0.5) is 5.69 Å². The third-order valence-electron chi connectivity index (χ3n) is 3.49. The first-order chi connectivity index (χ1) is 10.1. The summed E-state index contributed by atoms with van der Waals surface area (Å²) < 4.78 is 6.37. The van der Waals surface area contributed by atoms with Gasteiger partial charge in [0.2, 0.25) is 0 Å². The first-order valence-corrected chi connectivity index (χ1v) is 7.64. The lowest BCUT2D eigenvalue weighted by molar-refractivity contribution is -0.110. The van der Waals surface area contributed by atoms with Gasteiger partial charge in [-0.1, -0.05) is 6.07 Å². The average Bonchev–Trinajstić information content (AvgIpc) is 2.75. The number of hydrogen-bond acceptors (Lipinski definition) is 2. The number of carbonyl (C=O) groups is 1. The number of hydrogen-bond donors (Lipinski definition) is 1. The normalized spacial score (nSPS) is 15.0. The molecule has 0 unspecified atom stereocenters. The molecule has 0 aliphatic carbocycles. The monoisotopic (exact) mass is 391 g/mol. The van der Waals surface area contributed by atoms with Gasteiger partial charge in [0, 0.05) is 20.4 Å². The first-order valence-electron chi connectivity index (χ1n) is 6.56. The van der Waals surface area contributed by atoms with E-state index in [1.807, 2.05) is 49.4 Å². The van der Waals surface area contributed by atoms with E-state index in [1.165, 1.54) is 0 Å². The number of nitrogens with one attached hydrogen (secondary N) is 1. The fourth-order valence-corrected chi connectivity index (χ4v) is 2.95. The summed E-state index contributed by atoms with van der Waals surface area (Å²) in [6, 6.07) is 11.8. The molecule has 1 aliphatic heterocycles. The Morgan fingerprint density at radius 3 is 2.71 bits per heavy atom. The number of carbonyl (C=O) groups excluding carboxylic acids is 1. The molecular weight excluding hydrogens is 377 g/mol. The Kier molecular flexibility index (Phi) is 3.71. The van der Waals surface area contributed by atoms with Gasteiger partial charge in [-0.15, -0.1) is 0 Å². The second-order valence-electron chi connectivity index (χ2n) is 4.93. The molecule has 3 nitrogen and oxygen atoms in total. The summed E-state index contributed by atoms with van der Waals surface area (Å²) in [5, 5.41) is 2.90. The van der Waals surface area contributed by atoms with Gasteiger partial charge < -0.3 is 10.1 Å². The molecule has 1 heterocycles. The summed E-state index contributed by atoms with van der Waals surface area (Å²) in [4.78, 5) is 12.1. The Hall–Kier alpha value is -1.82. The molecular formula is C17H14INO2. The highest BCUT2D eigenvalue weighted by Gasteiger charge is 2.24. The fraction of sp³-hybridized carbons (Fsp3) is 0.118. The largest absolute Gasteiger partial charge is 0.496 e. The minimum atomic E-state index is -0.0551. The van der Waals surface area contributed by atoms with E-state index in [0.29, 0.717) is 5.57 Å². The van der Waals surface area contributed by atoms with Crippen molar-refractivity contribution in [1.82, 2.24) is 0 Å². The predicted octanol–water partition coefficient (Wildman–Crippen LogP) is 4.10. The van der Waals surface area contributed by atoms with Gasteiger partial charge >= 0.3 is 0 Å². The highest BCUT2D eigenvalue weighted by atomic mass is 127. The van der Waals surface area contributed by atoms with Crippen LogP contribution in [0, 0.1) is 10.5 Å². The molecule has 0 saturated carbocycles. The quantitative estimate of drug-likeness (QED) is 0.619. The van der Waals surface area contributed by atoms with Crippen molar-refractivity contribution in [2.45, 2.75) is 6.92 Å². The van der Waals surface area contributed by atoms with Crippen LogP contribution in [0.1, 0.15) is 16.7 Å². The Morgan fingerprint density at radius 2 is 2.00 bits per heavy atom. The van der Waals surface area contributed by atoms with Crippen LogP contribution in [0.25, 0.3) is 11.6 Å². The van der Waals surface area contributed by atoms with Crippen LogP contribution >= 0.6 is 22.6 Å². The Morgan fingerprint density at radius 1 is 1.19 bits per heavy atom. The maximum absolute atomic E-state index is 12.1. The summed E-state index contributed by atoms with van der Waals surface area (Å²) in [6.45, 7) is 1.99. The Bertz CT molecular complexity index is 765. The Labute approximate surface area is 137 Å². The molecule has 3 rings (SSSR count). The number of fused-ring (bicyclic) bond motifs is 1. The predicted molar refractivity (Wildman–Crippen MR) is 93.4 cm³/mol. The molecule has 1 N–H and O–H groups in total. The van der Waals surface area contributed by atoms with E-state index in [1.54, 1.807) is 7.11 Å². The number of benzene rings is 2. The molecule has 0 saturated heterocycles. The zero-order valence-electron chi connectivity index (χ0n) is 11.7. The number of rotatable bonds is 2. The van der Waals surface area contributed by atoms with Crippen LogP contribution in [0.3, 0.4) is 0 Å². The van der Waals surface area contributed by atoms with Crippen molar-refractivity contribution in [2.75, 3.05) is 12.4 Å². The fourth-order valence-electron chi connectivity index (χ4n) is 2.46. The molecule has 0 aromatic heterocycles. The van der Waals surface area contributed by atoms with Gasteiger partial charge in [0.15, 0.2) is 0 Å². The number of amides is 1. The minimum absolute atomic E-state index is 0.0551. The molecule has 1 aliphatic rings. The van der Waals surface area contributed by atoms with Crippen molar-refractivity contribution < 1.29 is 9.53 Å². The van der Waals surface area contributed by atoms with Gasteiger partial charge in [-0.3, -0.25) is 4.79 Å². The Balaban J connectivity index is 2.06. The van der Waals surface area contributed by atoms with Crippen molar-refractivity contribution in [2.24, 2.45) is 0 Å². The lowest BCUT2D eigenvalue weighted by atomic mass is 10.0. The van der Waals surface area contributed by atoms with Gasteiger partial charge in [-0.05, 0) is 77.0 Å². The highest BCUT2D eigenvalue weighted by Crippen LogP contribution is 2.34. The highest BCUT2D eigenvalue weighted by molar-refractivity contribution is 14.1. The van der Waals surface area contributed by atoms with Gasteiger partial charge in [0.25, 0.3) is 5.91 Å². The number of methoxy groups -OCH3 is 1. The van der Waals surface area contributed by atoms with Gasteiger partial charge in [-0.25, -0.2) is 0 Å². The number of anilines is 1. The lowest BCUT2D eigenvalue weighted by Gasteiger charge is -2.05. The summed E-state index contributed by atoms with van der Waals surface area (Å²) in [7, 11) is 1.66. The zero-order chi connectivity index (χ0) is 15.0. The van der Waals surface area contributed by atoms with E-state index in [9.17, 15) is 4.79 Å². The molecule has 0 fully saturated rings. The van der Waals surface area contributed by atoms with Gasteiger partial charge in [0.05, 0.1) is 7.11 Å². The summed E-state index contributed by atoms with van der Waals surface area (Å²) in [6.07, 6.45) is 1.92. The maximum Gasteiger partial charge on any atom is 0.256 e. The zero-order valence-corrected chi connectivity index (χ0v) is 13.9. The minimum Gasteiger partial charge on any atom is -0.496 e. The molecule has 2 aromatic rings. The van der Waals surface area contributed by atoms with E-state index in [0.717, 1.165) is 31.7 Å². The molecule has 2 aromatic carbocycles. The van der Waals surface area contributed by atoms with Crippen LogP contribution in [0.15, 0.2) is 36.4 Å². The van der Waals surface area contributed by atoms with Crippen molar-refractivity contribution in [3.63, 3.8) is 0 Å². The third kappa shape index (κ3) is 2.68. The van der Waals surface area contributed by atoms with Crippen LogP contribution in [0.2, 0.25) is 0 Å². The molecule has 0 bridgehead atoms. The number of aryl methyl sites for hydroxylation is 1. The van der Waals surface area contributed by atoms with Gasteiger partial charge in [0.1, 0.15) is 5.75 Å². The first kappa shape index (κ1) is 14.1. The molecule has 0 radical (unpaired) electrons. The van der Waals surface area contributed by atoms with Crippen LogP contribution < -0.4 is 10.1 Å². The summed E-state index contributed by atoms with van der Waals surface area (Å²) >= 11 is 2.25. The molecule has 1 amide bonds. The maximum atomic E-state index is 12.1. The lowest BCUT2D eigenvalue weighted by Crippen LogP contribution is -2.03. The smallest absolute Gasteiger partial charge is 0.256 e. The topological polar surface area (TPSA) is 38.3 Å². The third-order valence-corrected chi connectivity index (χ3v) is 4.17. The molecule has 106 valence electrons. The molecule has 4 heteroatoms. The van der Waals surface area contributed by atoms with Crippen LogP contribution in [0.5, 0.6) is 5.75 Å². The van der Waals surface area contributed by atoms with Crippen LogP contribution in [-0.4, -0.2) is 13.0 Å². The SMILES string of the molecule is COc1ccc(C=C2C(=O)Nc3ccc(I)cc32)cc1C. The van der Waals surface area contributed by atoms with E-state index in [-0.39, 0.29) is 5.91 Å². The number of halogens is 1. The molecule has 21 heavy (non-hydrogen) atoms.